The van der Waals surface area contributed by atoms with Crippen LogP contribution in [0.5, 0.6) is 0 Å². The summed E-state index contributed by atoms with van der Waals surface area (Å²) in [4.78, 5) is 4.73. The smallest absolute Gasteiger partial charge is 0.0322 e. The van der Waals surface area contributed by atoms with E-state index in [0.29, 0.717) is 11.6 Å². The Morgan fingerprint density at radius 3 is 2.64 bits per heavy atom. The van der Waals surface area contributed by atoms with Gasteiger partial charge in [-0.3, -0.25) is 4.90 Å². The summed E-state index contributed by atoms with van der Waals surface area (Å²) in [5.41, 5.74) is 0.341. The van der Waals surface area contributed by atoms with Crippen LogP contribution < -0.4 is 5.32 Å². The van der Waals surface area contributed by atoms with Crippen molar-refractivity contribution < 1.29 is 0 Å². The molecule has 0 aromatic heterocycles. The topological polar surface area (TPSA) is 18.5 Å². The Kier molecular flexibility index (Phi) is 3.93. The molecule has 0 spiro atoms. The zero-order valence-corrected chi connectivity index (χ0v) is 10.3. The minimum Gasteiger partial charge on any atom is -0.311 e. The Balaban J connectivity index is 2.51. The maximum absolute atomic E-state index is 3.62. The second-order valence-electron chi connectivity index (χ2n) is 5.36. The van der Waals surface area contributed by atoms with Gasteiger partial charge in [0.15, 0.2) is 0 Å². The highest BCUT2D eigenvalue weighted by atomic mass is 15.2. The SMILES string of the molecule is CN(C)CC1CN(C)C(C)(C)CCN1. The number of likely N-dealkylation sites (N-methyl/N-ethyl adjacent to an activating group) is 2. The highest BCUT2D eigenvalue weighted by Gasteiger charge is 2.28. The molecule has 0 bridgehead atoms. The molecule has 3 nitrogen and oxygen atoms in total. The summed E-state index contributed by atoms with van der Waals surface area (Å²) in [5.74, 6) is 0. The molecule has 0 aliphatic carbocycles. The molecule has 0 amide bonds. The molecule has 84 valence electrons. The molecule has 0 saturated carbocycles. The molecule has 0 aromatic rings. The molecule has 1 aliphatic heterocycles. The third kappa shape index (κ3) is 3.23. The molecule has 0 aromatic carbocycles. The van der Waals surface area contributed by atoms with E-state index >= 15 is 0 Å². The van der Waals surface area contributed by atoms with E-state index in [1.54, 1.807) is 0 Å². The lowest BCUT2D eigenvalue weighted by molar-refractivity contribution is 0.150. The molecule has 1 N–H and O–H groups in total. The first-order chi connectivity index (χ1) is 6.42. The fraction of sp³-hybridized carbons (Fsp3) is 1.00. The second kappa shape index (κ2) is 4.60. The lowest BCUT2D eigenvalue weighted by atomic mass is 9.99. The number of hydrogen-bond donors (Lipinski definition) is 1. The first-order valence-electron chi connectivity index (χ1n) is 5.51. The van der Waals surface area contributed by atoms with Gasteiger partial charge in [-0.25, -0.2) is 0 Å². The van der Waals surface area contributed by atoms with Crippen molar-refractivity contribution in [3.8, 4) is 0 Å². The van der Waals surface area contributed by atoms with E-state index in [0.717, 1.165) is 19.6 Å². The Morgan fingerprint density at radius 1 is 1.43 bits per heavy atom. The summed E-state index contributed by atoms with van der Waals surface area (Å²) < 4.78 is 0. The highest BCUT2D eigenvalue weighted by molar-refractivity contribution is 4.88. The summed E-state index contributed by atoms with van der Waals surface area (Å²) in [5, 5.41) is 3.62. The van der Waals surface area contributed by atoms with Crippen LogP contribution in [0.15, 0.2) is 0 Å². The number of hydrogen-bond acceptors (Lipinski definition) is 3. The third-order valence-corrected chi connectivity index (χ3v) is 3.28. The molecule has 1 unspecified atom stereocenters. The van der Waals surface area contributed by atoms with E-state index in [-0.39, 0.29) is 0 Å². The van der Waals surface area contributed by atoms with Gasteiger partial charge in [0.05, 0.1) is 0 Å². The van der Waals surface area contributed by atoms with Crippen LogP contribution in [-0.2, 0) is 0 Å². The molecule has 1 heterocycles. The Bertz CT molecular complexity index is 177. The monoisotopic (exact) mass is 199 g/mol. The summed E-state index contributed by atoms with van der Waals surface area (Å²) >= 11 is 0. The average molecular weight is 199 g/mol. The molecule has 1 rings (SSSR count). The van der Waals surface area contributed by atoms with Crippen molar-refractivity contribution in [2.45, 2.75) is 31.8 Å². The van der Waals surface area contributed by atoms with E-state index in [9.17, 15) is 0 Å². The van der Waals surface area contributed by atoms with E-state index < -0.39 is 0 Å². The fourth-order valence-electron chi connectivity index (χ4n) is 1.98. The van der Waals surface area contributed by atoms with Crippen molar-refractivity contribution in [1.82, 2.24) is 15.1 Å². The largest absolute Gasteiger partial charge is 0.311 e. The maximum Gasteiger partial charge on any atom is 0.0322 e. The Morgan fingerprint density at radius 2 is 2.07 bits per heavy atom. The van der Waals surface area contributed by atoms with Gasteiger partial charge in [0, 0.05) is 24.7 Å². The standard InChI is InChI=1S/C11H25N3/c1-11(2)6-7-12-10(8-13(3)4)9-14(11)5/h10,12H,6-9H2,1-5H3. The molecule has 1 atom stereocenters. The molecule has 0 radical (unpaired) electrons. The van der Waals surface area contributed by atoms with Gasteiger partial charge in [0.25, 0.3) is 0 Å². The molecule has 1 fully saturated rings. The van der Waals surface area contributed by atoms with Gasteiger partial charge in [-0.15, -0.1) is 0 Å². The van der Waals surface area contributed by atoms with Crippen molar-refractivity contribution in [3.63, 3.8) is 0 Å². The van der Waals surface area contributed by atoms with Crippen molar-refractivity contribution in [2.75, 3.05) is 40.8 Å². The summed E-state index contributed by atoms with van der Waals surface area (Å²) in [6.45, 7) is 8.06. The van der Waals surface area contributed by atoms with Crippen LogP contribution in [0, 0.1) is 0 Å². The molecular formula is C11H25N3. The van der Waals surface area contributed by atoms with Crippen molar-refractivity contribution in [1.29, 1.82) is 0 Å². The zero-order chi connectivity index (χ0) is 10.8. The normalized spacial score (nSPS) is 29.1. The van der Waals surface area contributed by atoms with Crippen LogP contribution in [0.2, 0.25) is 0 Å². The van der Waals surface area contributed by atoms with Gasteiger partial charge in [0.2, 0.25) is 0 Å². The fourth-order valence-corrected chi connectivity index (χ4v) is 1.98. The number of nitrogens with zero attached hydrogens (tertiary/aromatic N) is 2. The van der Waals surface area contributed by atoms with E-state index in [2.05, 4.69) is 50.1 Å². The van der Waals surface area contributed by atoms with Crippen LogP contribution in [0.4, 0.5) is 0 Å². The Labute approximate surface area is 88.5 Å². The van der Waals surface area contributed by atoms with Gasteiger partial charge in [0.1, 0.15) is 0 Å². The van der Waals surface area contributed by atoms with Crippen molar-refractivity contribution in [2.24, 2.45) is 0 Å². The molecular weight excluding hydrogens is 174 g/mol. The van der Waals surface area contributed by atoms with Crippen LogP contribution in [0.25, 0.3) is 0 Å². The van der Waals surface area contributed by atoms with Crippen LogP contribution in [0.1, 0.15) is 20.3 Å². The minimum absolute atomic E-state index is 0.341. The van der Waals surface area contributed by atoms with E-state index in [1.807, 2.05) is 0 Å². The first kappa shape index (κ1) is 12.0. The second-order valence-corrected chi connectivity index (χ2v) is 5.36. The molecule has 3 heteroatoms. The highest BCUT2D eigenvalue weighted by Crippen LogP contribution is 2.19. The minimum atomic E-state index is 0.341. The van der Waals surface area contributed by atoms with Crippen LogP contribution in [-0.4, -0.2) is 62.2 Å². The van der Waals surface area contributed by atoms with Crippen molar-refractivity contribution >= 4 is 0 Å². The van der Waals surface area contributed by atoms with Crippen LogP contribution >= 0.6 is 0 Å². The number of rotatable bonds is 2. The Hall–Kier alpha value is -0.120. The molecule has 1 saturated heterocycles. The van der Waals surface area contributed by atoms with Crippen molar-refractivity contribution in [3.05, 3.63) is 0 Å². The quantitative estimate of drug-likeness (QED) is 0.703. The van der Waals surface area contributed by atoms with Gasteiger partial charge in [-0.05, 0) is 48.0 Å². The lowest BCUT2D eigenvalue weighted by Crippen LogP contribution is -2.46. The predicted octanol–water partition coefficient (Wildman–Crippen LogP) is 0.620. The summed E-state index contributed by atoms with van der Waals surface area (Å²) in [6.07, 6.45) is 1.23. The summed E-state index contributed by atoms with van der Waals surface area (Å²) in [6, 6.07) is 0.608. The van der Waals surface area contributed by atoms with E-state index in [1.165, 1.54) is 6.42 Å². The lowest BCUT2D eigenvalue weighted by Gasteiger charge is -2.34. The first-order valence-corrected chi connectivity index (χ1v) is 5.51. The van der Waals surface area contributed by atoms with Gasteiger partial charge >= 0.3 is 0 Å². The van der Waals surface area contributed by atoms with Gasteiger partial charge < -0.3 is 10.2 Å². The average Bonchev–Trinajstić information content (AvgIpc) is 2.11. The molecule has 1 aliphatic rings. The van der Waals surface area contributed by atoms with Gasteiger partial charge in [-0.1, -0.05) is 0 Å². The van der Waals surface area contributed by atoms with E-state index in [4.69, 9.17) is 0 Å². The summed E-state index contributed by atoms with van der Waals surface area (Å²) in [7, 11) is 6.51. The third-order valence-electron chi connectivity index (χ3n) is 3.28. The number of nitrogens with one attached hydrogen (secondary N) is 1. The van der Waals surface area contributed by atoms with Crippen LogP contribution in [0.3, 0.4) is 0 Å². The zero-order valence-electron chi connectivity index (χ0n) is 10.3. The maximum atomic E-state index is 3.62. The molecule has 14 heavy (non-hydrogen) atoms. The predicted molar refractivity (Wildman–Crippen MR) is 61.7 cm³/mol. The van der Waals surface area contributed by atoms with Gasteiger partial charge in [-0.2, -0.15) is 0 Å².